The van der Waals surface area contributed by atoms with Crippen LogP contribution in [-0.2, 0) is 0 Å². The van der Waals surface area contributed by atoms with Crippen LogP contribution in [0.4, 0.5) is 17.1 Å². The molecule has 0 aliphatic heterocycles. The van der Waals surface area contributed by atoms with E-state index in [1.807, 2.05) is 12.1 Å². The van der Waals surface area contributed by atoms with Crippen LogP contribution >= 0.6 is 0 Å². The predicted molar refractivity (Wildman–Crippen MR) is 258 cm³/mol. The summed E-state index contributed by atoms with van der Waals surface area (Å²) >= 11 is 0. The molecule has 0 atom stereocenters. The average molecular weight is 793 g/mol. The summed E-state index contributed by atoms with van der Waals surface area (Å²) in [6, 6.07) is 78.0. The zero-order valence-corrected chi connectivity index (χ0v) is 33.5. The maximum Gasteiger partial charge on any atom is 0.143 e. The molecule has 0 unspecified atom stereocenters. The van der Waals surface area contributed by atoms with Crippen LogP contribution in [0.15, 0.2) is 227 Å². The first kappa shape index (κ1) is 34.5. The van der Waals surface area contributed by atoms with Gasteiger partial charge in [-0.2, -0.15) is 0 Å². The Kier molecular flexibility index (Phi) is 7.57. The number of hydrogen-bond donors (Lipinski definition) is 0. The molecule has 13 aromatic rings. The van der Waals surface area contributed by atoms with Crippen molar-refractivity contribution in [2.75, 3.05) is 4.90 Å². The molecular weight excluding hydrogens is 757 g/mol. The van der Waals surface area contributed by atoms with Crippen molar-refractivity contribution in [3.63, 3.8) is 0 Å². The Bertz CT molecular complexity index is 3830. The summed E-state index contributed by atoms with van der Waals surface area (Å²) in [5, 5.41) is 9.19. The lowest BCUT2D eigenvalue weighted by Gasteiger charge is -2.30. The second kappa shape index (κ2) is 13.6. The third-order valence-corrected chi connectivity index (χ3v) is 12.6. The first-order chi connectivity index (χ1) is 30.8. The maximum absolute atomic E-state index is 6.96. The molecule has 290 valence electrons. The van der Waals surface area contributed by atoms with Gasteiger partial charge in [0.1, 0.15) is 22.3 Å². The number of aromatic nitrogens is 1. The minimum absolute atomic E-state index is 0.873. The highest BCUT2D eigenvalue weighted by Gasteiger charge is 2.24. The van der Waals surface area contributed by atoms with E-state index in [0.717, 1.165) is 111 Å². The number of benzene rings is 10. The van der Waals surface area contributed by atoms with Crippen molar-refractivity contribution in [3.05, 3.63) is 218 Å². The van der Waals surface area contributed by atoms with E-state index in [1.54, 1.807) is 0 Å². The van der Waals surface area contributed by atoms with Crippen molar-refractivity contribution in [2.45, 2.75) is 0 Å². The highest BCUT2D eigenvalue weighted by atomic mass is 16.3. The van der Waals surface area contributed by atoms with Gasteiger partial charge in [0.2, 0.25) is 0 Å². The normalized spacial score (nSPS) is 11.9. The molecule has 3 aromatic heterocycles. The molecule has 0 aliphatic rings. The predicted octanol–water partition coefficient (Wildman–Crippen LogP) is 16.5. The van der Waals surface area contributed by atoms with Crippen LogP contribution in [0.3, 0.4) is 0 Å². The Hall–Kier alpha value is -8.34. The Morgan fingerprint density at radius 3 is 1.74 bits per heavy atom. The van der Waals surface area contributed by atoms with E-state index in [2.05, 4.69) is 216 Å². The summed E-state index contributed by atoms with van der Waals surface area (Å²) in [5.74, 6) is 0. The zero-order chi connectivity index (χ0) is 40.7. The van der Waals surface area contributed by atoms with Crippen LogP contribution in [0, 0.1) is 0 Å². The molecule has 13 rings (SSSR count). The van der Waals surface area contributed by atoms with E-state index in [0.29, 0.717) is 0 Å². The van der Waals surface area contributed by atoms with Gasteiger partial charge < -0.3 is 18.3 Å². The molecule has 3 heterocycles. The largest absolute Gasteiger partial charge is 0.456 e. The lowest BCUT2D eigenvalue weighted by molar-refractivity contribution is 0.669. The fourth-order valence-electron chi connectivity index (χ4n) is 9.78. The lowest BCUT2D eigenvalue weighted by Crippen LogP contribution is -2.14. The van der Waals surface area contributed by atoms with Gasteiger partial charge in [-0.15, -0.1) is 0 Å². The van der Waals surface area contributed by atoms with Crippen LogP contribution in [-0.4, -0.2) is 4.57 Å². The van der Waals surface area contributed by atoms with Gasteiger partial charge >= 0.3 is 0 Å². The smallest absolute Gasteiger partial charge is 0.143 e. The molecule has 4 heteroatoms. The summed E-state index contributed by atoms with van der Waals surface area (Å²) in [4.78, 5) is 2.41. The molecule has 0 saturated heterocycles. The van der Waals surface area contributed by atoms with Crippen molar-refractivity contribution in [3.8, 4) is 27.9 Å². The van der Waals surface area contributed by atoms with Gasteiger partial charge in [-0.1, -0.05) is 152 Å². The molecule has 62 heavy (non-hydrogen) atoms. The van der Waals surface area contributed by atoms with E-state index in [9.17, 15) is 0 Å². The van der Waals surface area contributed by atoms with E-state index in [1.165, 1.54) is 10.8 Å². The molecule has 4 nitrogen and oxygen atoms in total. The van der Waals surface area contributed by atoms with Crippen molar-refractivity contribution in [2.24, 2.45) is 0 Å². The second-order valence-corrected chi connectivity index (χ2v) is 16.0. The molecular formula is C58H36N2O2. The van der Waals surface area contributed by atoms with Crippen LogP contribution < -0.4 is 4.90 Å². The topological polar surface area (TPSA) is 34.5 Å². The number of para-hydroxylation sites is 7. The average Bonchev–Trinajstić information content (AvgIpc) is 4.02. The molecule has 10 aromatic carbocycles. The molecule has 0 fully saturated rings. The Morgan fingerprint density at radius 1 is 0.339 bits per heavy atom. The third-order valence-electron chi connectivity index (χ3n) is 12.6. The Labute approximate surface area is 356 Å². The van der Waals surface area contributed by atoms with Crippen molar-refractivity contribution in [1.82, 2.24) is 4.57 Å². The first-order valence-electron chi connectivity index (χ1n) is 21.1. The summed E-state index contributed by atoms with van der Waals surface area (Å²) in [6.45, 7) is 0. The fraction of sp³-hybridized carbons (Fsp3) is 0. The number of furan rings is 2. The quantitative estimate of drug-likeness (QED) is 0.168. The van der Waals surface area contributed by atoms with E-state index < -0.39 is 0 Å². The highest BCUT2D eigenvalue weighted by molar-refractivity contribution is 6.18. The van der Waals surface area contributed by atoms with Crippen molar-refractivity contribution >= 4 is 93.5 Å². The summed E-state index contributed by atoms with van der Waals surface area (Å²) in [5.41, 5.74) is 14.4. The minimum Gasteiger partial charge on any atom is -0.456 e. The first-order valence-corrected chi connectivity index (χ1v) is 21.1. The van der Waals surface area contributed by atoms with Gasteiger partial charge in [-0.05, 0) is 83.2 Å². The van der Waals surface area contributed by atoms with E-state index in [-0.39, 0.29) is 0 Å². The van der Waals surface area contributed by atoms with Crippen molar-refractivity contribution < 1.29 is 8.83 Å². The molecule has 0 radical (unpaired) electrons. The van der Waals surface area contributed by atoms with E-state index in [4.69, 9.17) is 8.83 Å². The highest BCUT2D eigenvalue weighted by Crippen LogP contribution is 2.47. The SMILES string of the molecule is c1ccc(N(c2ccc(-c3ccc4c(c3)oc3ccccc34)cc2)c2ccccc2-n2c3ccccc3c3ccccc32)c(-c2cccc3c2oc2c4ccccc4ccc32)c1. The maximum atomic E-state index is 6.96. The van der Waals surface area contributed by atoms with Crippen molar-refractivity contribution in [1.29, 1.82) is 0 Å². The van der Waals surface area contributed by atoms with Crippen LogP contribution in [0.2, 0.25) is 0 Å². The molecule has 0 spiro atoms. The third kappa shape index (κ3) is 5.20. The summed E-state index contributed by atoms with van der Waals surface area (Å²) < 4.78 is 15.7. The van der Waals surface area contributed by atoms with E-state index >= 15 is 0 Å². The standard InChI is InChI=1S/C58H36N2O2/c1-2-15-41-38(14-1)30-35-49-48-21-13-20-47(58(48)62-57(41)49)44-18-5-7-22-50(44)59(40-32-28-37(29-33-40)39-31-34-46-45-19-6-12-27-55(45)61-56(46)36-39)53-25-10-11-26-54(53)60-51-23-8-3-16-42(51)43-17-4-9-24-52(43)60/h1-36H. The molecule has 0 aliphatic carbocycles. The fourth-order valence-corrected chi connectivity index (χ4v) is 9.78. The monoisotopic (exact) mass is 792 g/mol. The molecule has 0 bridgehead atoms. The van der Waals surface area contributed by atoms with Crippen LogP contribution in [0.25, 0.3) is 104 Å². The van der Waals surface area contributed by atoms with Crippen LogP contribution in [0.5, 0.6) is 0 Å². The number of hydrogen-bond acceptors (Lipinski definition) is 3. The van der Waals surface area contributed by atoms with Gasteiger partial charge in [0.05, 0.1) is 28.1 Å². The minimum atomic E-state index is 0.873. The Morgan fingerprint density at radius 2 is 0.919 bits per heavy atom. The molecule has 0 saturated carbocycles. The van der Waals surface area contributed by atoms with Gasteiger partial charge in [0.25, 0.3) is 0 Å². The number of rotatable bonds is 6. The zero-order valence-electron chi connectivity index (χ0n) is 33.5. The number of anilines is 3. The Balaban J connectivity index is 1.04. The number of nitrogens with zero attached hydrogens (tertiary/aromatic N) is 2. The molecule has 0 N–H and O–H groups in total. The van der Waals surface area contributed by atoms with Gasteiger partial charge in [0.15, 0.2) is 0 Å². The lowest BCUT2D eigenvalue weighted by atomic mass is 9.98. The van der Waals surface area contributed by atoms with Gasteiger partial charge in [0, 0.05) is 54.5 Å². The number of fused-ring (bicyclic) bond motifs is 11. The van der Waals surface area contributed by atoms with Crippen LogP contribution in [0.1, 0.15) is 0 Å². The summed E-state index contributed by atoms with van der Waals surface area (Å²) in [6.07, 6.45) is 0. The summed E-state index contributed by atoms with van der Waals surface area (Å²) in [7, 11) is 0. The van der Waals surface area contributed by atoms with Gasteiger partial charge in [-0.3, -0.25) is 0 Å². The second-order valence-electron chi connectivity index (χ2n) is 16.0. The molecule has 0 amide bonds. The van der Waals surface area contributed by atoms with Gasteiger partial charge in [-0.25, -0.2) is 0 Å².